The monoisotopic (exact) mass is 424 g/mol. The van der Waals surface area contributed by atoms with E-state index in [1.54, 1.807) is 11.3 Å². The van der Waals surface area contributed by atoms with Gasteiger partial charge in [0.25, 0.3) is 0 Å². The van der Waals surface area contributed by atoms with Crippen molar-refractivity contribution < 1.29 is 0 Å². The van der Waals surface area contributed by atoms with Crippen LogP contribution in [0.25, 0.3) is 0 Å². The van der Waals surface area contributed by atoms with Gasteiger partial charge in [-0.2, -0.15) is 0 Å². The molecule has 0 radical (unpaired) electrons. The van der Waals surface area contributed by atoms with Crippen LogP contribution in [-0.2, 0) is 13.0 Å². The predicted octanol–water partition coefficient (Wildman–Crippen LogP) is 3.96. The third-order valence-electron chi connectivity index (χ3n) is 2.99. The van der Waals surface area contributed by atoms with Gasteiger partial charge >= 0.3 is 0 Å². The molecule has 0 saturated heterocycles. The lowest BCUT2D eigenvalue weighted by Crippen LogP contribution is -2.37. The largest absolute Gasteiger partial charge is 0.357 e. The van der Waals surface area contributed by atoms with Crippen LogP contribution < -0.4 is 10.6 Å². The van der Waals surface area contributed by atoms with Gasteiger partial charge in [-0.15, -0.1) is 35.3 Å². The van der Waals surface area contributed by atoms with Crippen LogP contribution in [0.4, 0.5) is 0 Å². The molecule has 6 heteroatoms. The fourth-order valence-electron chi connectivity index (χ4n) is 1.83. The molecule has 0 amide bonds. The molecule has 0 aliphatic carbocycles. The lowest BCUT2D eigenvalue weighted by Gasteiger charge is -2.10. The molecule has 2 N–H and O–H groups in total. The quantitative estimate of drug-likeness (QED) is 0.273. The van der Waals surface area contributed by atoms with Gasteiger partial charge in [-0.1, -0.05) is 33.1 Å². The average molecular weight is 424 g/mol. The minimum Gasteiger partial charge on any atom is -0.357 e. The van der Waals surface area contributed by atoms with Crippen molar-refractivity contribution in [3.8, 4) is 0 Å². The lowest BCUT2D eigenvalue weighted by molar-refractivity contribution is 0.647. The van der Waals surface area contributed by atoms with Crippen LogP contribution in [0.2, 0.25) is 0 Å². The molecular weight excluding hydrogens is 395 g/mol. The van der Waals surface area contributed by atoms with E-state index in [9.17, 15) is 0 Å². The second kappa shape index (κ2) is 13.3. The maximum Gasteiger partial charge on any atom is 0.191 e. The second-order valence-corrected chi connectivity index (χ2v) is 5.96. The molecule has 0 fully saturated rings. The smallest absolute Gasteiger partial charge is 0.191 e. The molecule has 122 valence electrons. The number of unbranched alkanes of at least 4 members (excludes halogenated alkanes) is 3. The first-order chi connectivity index (χ1) is 9.80. The van der Waals surface area contributed by atoms with Crippen molar-refractivity contribution in [1.29, 1.82) is 0 Å². The first-order valence-corrected chi connectivity index (χ1v) is 8.57. The molecule has 0 aliphatic rings. The maximum atomic E-state index is 4.59. The number of hydrogen-bond acceptors (Lipinski definition) is 3. The van der Waals surface area contributed by atoms with Crippen LogP contribution in [0.3, 0.4) is 0 Å². The Labute approximate surface area is 150 Å². The summed E-state index contributed by atoms with van der Waals surface area (Å²) in [6.07, 6.45) is 8.09. The van der Waals surface area contributed by atoms with Gasteiger partial charge in [0.15, 0.2) is 5.96 Å². The number of rotatable bonds is 9. The van der Waals surface area contributed by atoms with Crippen molar-refractivity contribution in [2.24, 2.45) is 4.99 Å². The molecule has 0 aromatic carbocycles. The van der Waals surface area contributed by atoms with Crippen molar-refractivity contribution in [3.63, 3.8) is 0 Å². The van der Waals surface area contributed by atoms with Gasteiger partial charge in [-0.3, -0.25) is 0 Å². The van der Waals surface area contributed by atoms with Crippen molar-refractivity contribution in [2.75, 3.05) is 13.1 Å². The van der Waals surface area contributed by atoms with Crippen molar-refractivity contribution in [3.05, 3.63) is 16.1 Å². The SMILES string of the molecule is CCCCCCNC(=NCc1ncc(CC)s1)NCC.I. The van der Waals surface area contributed by atoms with E-state index in [-0.39, 0.29) is 24.0 Å². The van der Waals surface area contributed by atoms with Crippen LogP contribution >= 0.6 is 35.3 Å². The van der Waals surface area contributed by atoms with Crippen molar-refractivity contribution in [1.82, 2.24) is 15.6 Å². The topological polar surface area (TPSA) is 49.3 Å². The van der Waals surface area contributed by atoms with Gasteiger partial charge in [0.1, 0.15) is 5.01 Å². The normalized spacial score (nSPS) is 11.1. The van der Waals surface area contributed by atoms with Gasteiger partial charge in [-0.05, 0) is 19.8 Å². The second-order valence-electron chi connectivity index (χ2n) is 4.76. The van der Waals surface area contributed by atoms with Crippen molar-refractivity contribution in [2.45, 2.75) is 59.4 Å². The third kappa shape index (κ3) is 9.29. The van der Waals surface area contributed by atoms with Gasteiger partial charge < -0.3 is 10.6 Å². The van der Waals surface area contributed by atoms with E-state index in [2.05, 4.69) is 41.4 Å². The third-order valence-corrected chi connectivity index (χ3v) is 4.12. The summed E-state index contributed by atoms with van der Waals surface area (Å²) < 4.78 is 0. The van der Waals surface area contributed by atoms with E-state index in [1.807, 2.05) is 6.20 Å². The molecule has 1 rings (SSSR count). The van der Waals surface area contributed by atoms with Gasteiger partial charge in [0.2, 0.25) is 0 Å². The van der Waals surface area contributed by atoms with Crippen LogP contribution in [0, 0.1) is 0 Å². The Morgan fingerprint density at radius 3 is 2.62 bits per heavy atom. The summed E-state index contributed by atoms with van der Waals surface area (Å²) in [5.41, 5.74) is 0. The Morgan fingerprint density at radius 2 is 2.00 bits per heavy atom. The van der Waals surface area contributed by atoms with E-state index < -0.39 is 0 Å². The Balaban J connectivity index is 0.00000400. The number of aryl methyl sites for hydroxylation is 1. The van der Waals surface area contributed by atoms with E-state index in [1.165, 1.54) is 30.6 Å². The van der Waals surface area contributed by atoms with E-state index in [4.69, 9.17) is 0 Å². The summed E-state index contributed by atoms with van der Waals surface area (Å²) in [6, 6.07) is 0. The summed E-state index contributed by atoms with van der Waals surface area (Å²) in [7, 11) is 0. The van der Waals surface area contributed by atoms with Crippen LogP contribution in [0.5, 0.6) is 0 Å². The number of nitrogens with one attached hydrogen (secondary N) is 2. The molecule has 0 atom stereocenters. The number of aromatic nitrogens is 1. The highest BCUT2D eigenvalue weighted by molar-refractivity contribution is 14.0. The zero-order chi connectivity index (χ0) is 14.6. The first kappa shape index (κ1) is 20.6. The number of nitrogens with zero attached hydrogens (tertiary/aromatic N) is 2. The molecule has 0 bridgehead atoms. The highest BCUT2D eigenvalue weighted by atomic mass is 127. The molecule has 1 aromatic heterocycles. The van der Waals surface area contributed by atoms with Gasteiger partial charge in [0, 0.05) is 24.2 Å². The zero-order valence-corrected chi connectivity index (χ0v) is 16.6. The fourth-order valence-corrected chi connectivity index (χ4v) is 2.62. The minimum atomic E-state index is 0. The molecule has 1 heterocycles. The predicted molar refractivity (Wildman–Crippen MR) is 104 cm³/mol. The average Bonchev–Trinajstić information content (AvgIpc) is 2.92. The number of thiazole rings is 1. The summed E-state index contributed by atoms with van der Waals surface area (Å²) in [6.45, 7) is 9.02. The standard InChI is InChI=1S/C15H28N4S.HI/c1-4-7-8-9-10-17-15(16-6-3)19-12-14-18-11-13(5-2)20-14;/h11H,4-10,12H2,1-3H3,(H2,16,17,19);1H. The Kier molecular flexibility index (Phi) is 13.1. The number of aliphatic imine (C=N–C) groups is 1. The summed E-state index contributed by atoms with van der Waals surface area (Å²) in [5, 5.41) is 7.75. The summed E-state index contributed by atoms with van der Waals surface area (Å²) in [5.74, 6) is 0.900. The fraction of sp³-hybridized carbons (Fsp3) is 0.733. The van der Waals surface area contributed by atoms with Crippen LogP contribution in [0.1, 0.15) is 56.3 Å². The Bertz CT molecular complexity index is 393. The number of halogens is 1. The van der Waals surface area contributed by atoms with Crippen molar-refractivity contribution >= 4 is 41.3 Å². The summed E-state index contributed by atoms with van der Waals surface area (Å²) >= 11 is 1.75. The minimum absolute atomic E-state index is 0. The molecule has 0 unspecified atom stereocenters. The van der Waals surface area contributed by atoms with Gasteiger partial charge in [-0.25, -0.2) is 9.98 Å². The van der Waals surface area contributed by atoms with E-state index >= 15 is 0 Å². The van der Waals surface area contributed by atoms with E-state index in [0.717, 1.165) is 30.5 Å². The lowest BCUT2D eigenvalue weighted by atomic mass is 10.2. The molecule has 0 saturated carbocycles. The molecular formula is C15H29IN4S. The van der Waals surface area contributed by atoms with E-state index in [0.29, 0.717) is 6.54 Å². The molecule has 1 aromatic rings. The summed E-state index contributed by atoms with van der Waals surface area (Å²) in [4.78, 5) is 10.3. The molecule has 0 spiro atoms. The molecule has 4 nitrogen and oxygen atoms in total. The highest BCUT2D eigenvalue weighted by Crippen LogP contribution is 2.13. The van der Waals surface area contributed by atoms with Crippen LogP contribution in [0.15, 0.2) is 11.2 Å². The van der Waals surface area contributed by atoms with Gasteiger partial charge in [0.05, 0.1) is 6.54 Å². The highest BCUT2D eigenvalue weighted by Gasteiger charge is 2.01. The maximum absolute atomic E-state index is 4.59. The number of guanidine groups is 1. The molecule has 0 aliphatic heterocycles. The zero-order valence-electron chi connectivity index (χ0n) is 13.4. The molecule has 21 heavy (non-hydrogen) atoms. The van der Waals surface area contributed by atoms with Crippen LogP contribution in [-0.4, -0.2) is 24.0 Å². The number of hydrogen-bond donors (Lipinski definition) is 2. The first-order valence-electron chi connectivity index (χ1n) is 7.75. The Morgan fingerprint density at radius 1 is 1.19 bits per heavy atom. The Hall–Kier alpha value is -0.370.